The minimum absolute atomic E-state index is 0.274. The Labute approximate surface area is 108 Å². The van der Waals surface area contributed by atoms with E-state index in [0.717, 1.165) is 19.3 Å². The number of rotatable bonds is 2. The molecule has 3 heteroatoms. The molecule has 1 aliphatic rings. The van der Waals surface area contributed by atoms with Crippen LogP contribution in [0.4, 0.5) is 10.1 Å². The van der Waals surface area contributed by atoms with Gasteiger partial charge >= 0.3 is 0 Å². The molecule has 1 N–H and O–H groups in total. The minimum Gasteiger partial charge on any atom is -0.367 e. The van der Waals surface area contributed by atoms with Gasteiger partial charge in [-0.05, 0) is 42.9 Å². The largest absolute Gasteiger partial charge is 0.367 e. The molecular weight excluding hydrogens is 227 g/mol. The van der Waals surface area contributed by atoms with Crippen molar-refractivity contribution in [3.05, 3.63) is 30.1 Å². The molecule has 2 rings (SSSR count). The van der Waals surface area contributed by atoms with Crippen LogP contribution in [0, 0.1) is 29.0 Å². The Balaban J connectivity index is 2.25. The molecule has 0 radical (unpaired) electrons. The van der Waals surface area contributed by atoms with Crippen molar-refractivity contribution < 1.29 is 4.39 Å². The molecule has 0 aliphatic heterocycles. The van der Waals surface area contributed by atoms with Crippen LogP contribution >= 0.6 is 0 Å². The Morgan fingerprint density at radius 2 is 2.17 bits per heavy atom. The molecule has 1 aromatic rings. The van der Waals surface area contributed by atoms with E-state index in [2.05, 4.69) is 25.2 Å². The predicted molar refractivity (Wildman–Crippen MR) is 70.5 cm³/mol. The summed E-state index contributed by atoms with van der Waals surface area (Å²) < 4.78 is 13.2. The molecule has 18 heavy (non-hydrogen) atoms. The molecule has 3 atom stereocenters. The highest BCUT2D eigenvalue weighted by atomic mass is 19.1. The summed E-state index contributed by atoms with van der Waals surface area (Å²) >= 11 is 0. The fourth-order valence-corrected chi connectivity index (χ4v) is 2.82. The smallest absolute Gasteiger partial charge is 0.128 e. The van der Waals surface area contributed by atoms with Crippen molar-refractivity contribution in [1.82, 2.24) is 0 Å². The lowest BCUT2D eigenvalue weighted by atomic mass is 9.70. The van der Waals surface area contributed by atoms with E-state index in [0.29, 0.717) is 11.6 Å². The topological polar surface area (TPSA) is 35.8 Å². The van der Waals surface area contributed by atoms with Gasteiger partial charge in [-0.15, -0.1) is 0 Å². The van der Waals surface area contributed by atoms with Crippen molar-refractivity contribution in [3.63, 3.8) is 0 Å². The number of nitrogens with one attached hydrogen (secondary N) is 1. The van der Waals surface area contributed by atoms with Gasteiger partial charge in [0.05, 0.1) is 6.07 Å². The van der Waals surface area contributed by atoms with Gasteiger partial charge in [0.25, 0.3) is 0 Å². The molecule has 0 bridgehead atoms. The SMILES string of the molecule is CC1CCC(C)C(C#N)(Nc2cccc(F)c2)C1. The van der Waals surface area contributed by atoms with Crippen LogP contribution in [0.2, 0.25) is 0 Å². The van der Waals surface area contributed by atoms with E-state index in [1.54, 1.807) is 6.07 Å². The van der Waals surface area contributed by atoms with Crippen LogP contribution in [0.5, 0.6) is 0 Å². The van der Waals surface area contributed by atoms with Crippen molar-refractivity contribution in [3.8, 4) is 6.07 Å². The second kappa shape index (κ2) is 4.97. The van der Waals surface area contributed by atoms with Crippen LogP contribution in [0.15, 0.2) is 24.3 Å². The third kappa shape index (κ3) is 2.48. The highest BCUT2D eigenvalue weighted by Gasteiger charge is 2.41. The number of anilines is 1. The molecule has 0 aromatic heterocycles. The van der Waals surface area contributed by atoms with Crippen molar-refractivity contribution >= 4 is 5.69 Å². The van der Waals surface area contributed by atoms with E-state index in [-0.39, 0.29) is 11.7 Å². The van der Waals surface area contributed by atoms with Gasteiger partial charge in [-0.25, -0.2) is 4.39 Å². The normalized spacial score (nSPS) is 31.7. The number of halogens is 1. The zero-order chi connectivity index (χ0) is 13.2. The average molecular weight is 246 g/mol. The van der Waals surface area contributed by atoms with E-state index < -0.39 is 5.54 Å². The minimum atomic E-state index is -0.564. The lowest BCUT2D eigenvalue weighted by Gasteiger charge is -2.41. The molecule has 1 saturated carbocycles. The molecule has 1 aliphatic carbocycles. The number of nitrogens with zero attached hydrogens (tertiary/aromatic N) is 1. The summed E-state index contributed by atoms with van der Waals surface area (Å²) in [5, 5.41) is 12.8. The molecule has 0 heterocycles. The summed E-state index contributed by atoms with van der Waals surface area (Å²) in [6.07, 6.45) is 3.02. The second-order valence-corrected chi connectivity index (χ2v) is 5.51. The van der Waals surface area contributed by atoms with Crippen LogP contribution in [0.1, 0.15) is 33.1 Å². The first kappa shape index (κ1) is 12.9. The number of benzene rings is 1. The quantitative estimate of drug-likeness (QED) is 0.857. The van der Waals surface area contributed by atoms with Crippen molar-refractivity contribution in [2.24, 2.45) is 11.8 Å². The highest BCUT2D eigenvalue weighted by Crippen LogP contribution is 2.38. The zero-order valence-corrected chi connectivity index (χ0v) is 10.9. The fourth-order valence-electron chi connectivity index (χ4n) is 2.82. The number of hydrogen-bond acceptors (Lipinski definition) is 2. The summed E-state index contributed by atoms with van der Waals surface area (Å²) in [4.78, 5) is 0. The van der Waals surface area contributed by atoms with Crippen molar-refractivity contribution in [1.29, 1.82) is 5.26 Å². The zero-order valence-electron chi connectivity index (χ0n) is 10.9. The van der Waals surface area contributed by atoms with Gasteiger partial charge < -0.3 is 5.32 Å². The van der Waals surface area contributed by atoms with Crippen LogP contribution in [0.3, 0.4) is 0 Å². The van der Waals surface area contributed by atoms with Crippen LogP contribution < -0.4 is 5.32 Å². The van der Waals surface area contributed by atoms with E-state index in [1.165, 1.54) is 12.1 Å². The summed E-state index contributed by atoms with van der Waals surface area (Å²) in [6.45, 7) is 4.27. The second-order valence-electron chi connectivity index (χ2n) is 5.51. The summed E-state index contributed by atoms with van der Waals surface area (Å²) in [5.74, 6) is 0.536. The molecular formula is C15H19FN2. The molecule has 3 unspecified atom stereocenters. The Morgan fingerprint density at radius 3 is 2.83 bits per heavy atom. The first-order valence-electron chi connectivity index (χ1n) is 6.51. The number of hydrogen-bond donors (Lipinski definition) is 1. The maximum absolute atomic E-state index is 13.2. The highest BCUT2D eigenvalue weighted by molar-refractivity contribution is 5.48. The van der Waals surface area contributed by atoms with Gasteiger partial charge in [0.15, 0.2) is 0 Å². The van der Waals surface area contributed by atoms with Gasteiger partial charge in [0, 0.05) is 5.69 Å². The Bertz CT molecular complexity index is 466. The summed E-state index contributed by atoms with van der Waals surface area (Å²) in [5.41, 5.74) is 0.128. The fraction of sp³-hybridized carbons (Fsp3) is 0.533. The van der Waals surface area contributed by atoms with Gasteiger partial charge in [-0.3, -0.25) is 0 Å². The average Bonchev–Trinajstić information content (AvgIpc) is 2.34. The Kier molecular flexibility index (Phi) is 3.56. The van der Waals surface area contributed by atoms with Gasteiger partial charge in [-0.1, -0.05) is 26.3 Å². The summed E-state index contributed by atoms with van der Waals surface area (Å²) in [6, 6.07) is 8.78. The van der Waals surface area contributed by atoms with Crippen molar-refractivity contribution in [2.75, 3.05) is 5.32 Å². The summed E-state index contributed by atoms with van der Waals surface area (Å²) in [7, 11) is 0. The van der Waals surface area contributed by atoms with E-state index in [9.17, 15) is 9.65 Å². The molecule has 96 valence electrons. The molecule has 1 aromatic carbocycles. The first-order chi connectivity index (χ1) is 8.55. The monoisotopic (exact) mass is 246 g/mol. The Hall–Kier alpha value is -1.56. The molecule has 0 amide bonds. The van der Waals surface area contributed by atoms with Gasteiger partial charge in [-0.2, -0.15) is 5.26 Å². The molecule has 2 nitrogen and oxygen atoms in total. The lowest BCUT2D eigenvalue weighted by Crippen LogP contribution is -2.47. The number of nitriles is 1. The van der Waals surface area contributed by atoms with Crippen LogP contribution in [0.25, 0.3) is 0 Å². The maximum atomic E-state index is 13.2. The van der Waals surface area contributed by atoms with Crippen LogP contribution in [-0.2, 0) is 0 Å². The van der Waals surface area contributed by atoms with E-state index in [4.69, 9.17) is 0 Å². The Morgan fingerprint density at radius 1 is 1.39 bits per heavy atom. The maximum Gasteiger partial charge on any atom is 0.128 e. The van der Waals surface area contributed by atoms with E-state index in [1.807, 2.05) is 6.07 Å². The standard InChI is InChI=1S/C15H19FN2/c1-11-6-7-12(2)15(9-11,10-17)18-14-5-3-4-13(16)8-14/h3-5,8,11-12,18H,6-7,9H2,1-2H3. The molecule has 0 spiro atoms. The van der Waals surface area contributed by atoms with Crippen molar-refractivity contribution in [2.45, 2.75) is 38.6 Å². The molecule has 1 fully saturated rings. The van der Waals surface area contributed by atoms with Gasteiger partial charge in [0.2, 0.25) is 0 Å². The third-order valence-corrected chi connectivity index (χ3v) is 4.00. The predicted octanol–water partition coefficient (Wildman–Crippen LogP) is 3.96. The van der Waals surface area contributed by atoms with E-state index >= 15 is 0 Å². The first-order valence-corrected chi connectivity index (χ1v) is 6.51. The lowest BCUT2D eigenvalue weighted by molar-refractivity contribution is 0.229. The third-order valence-electron chi connectivity index (χ3n) is 4.00. The molecule has 0 saturated heterocycles. The van der Waals surface area contributed by atoms with Crippen LogP contribution in [-0.4, -0.2) is 5.54 Å². The van der Waals surface area contributed by atoms with Gasteiger partial charge in [0.1, 0.15) is 11.4 Å².